The summed E-state index contributed by atoms with van der Waals surface area (Å²) in [6.45, 7) is 11.9. The summed E-state index contributed by atoms with van der Waals surface area (Å²) in [7, 11) is -1.24. The Labute approximate surface area is 102 Å². The first kappa shape index (κ1) is 15.8. The zero-order valence-electron chi connectivity index (χ0n) is 11.4. The van der Waals surface area contributed by atoms with E-state index in [0.717, 1.165) is 32.5 Å². The maximum atomic E-state index is 5.72. The lowest BCUT2D eigenvalue weighted by molar-refractivity contribution is 0.203. The van der Waals surface area contributed by atoms with Crippen molar-refractivity contribution in [3.63, 3.8) is 0 Å². The molecule has 0 aromatic heterocycles. The molecule has 0 fully saturated rings. The highest BCUT2D eigenvalue weighted by Crippen LogP contribution is 2.10. The van der Waals surface area contributed by atoms with Crippen LogP contribution in [0.15, 0.2) is 4.99 Å². The average Bonchev–Trinajstić information content (AvgIpc) is 2.28. The molecule has 4 heteroatoms. The van der Waals surface area contributed by atoms with Gasteiger partial charge in [-0.15, -0.1) is 0 Å². The Balaban J connectivity index is 4.54. The number of nitrogens with zero attached hydrogens (tertiary/aromatic N) is 1. The van der Waals surface area contributed by atoms with Crippen LogP contribution in [0, 0.1) is 0 Å². The summed E-state index contributed by atoms with van der Waals surface area (Å²) in [6.07, 6.45) is 3.19. The maximum absolute atomic E-state index is 5.72. The highest BCUT2D eigenvalue weighted by Gasteiger charge is 2.26. The number of aliphatic imine (C=N–C) groups is 1. The van der Waals surface area contributed by atoms with E-state index in [1.54, 1.807) is 0 Å². The minimum Gasteiger partial charge on any atom is -0.392 e. The quantitative estimate of drug-likeness (QED) is 0.461. The van der Waals surface area contributed by atoms with Crippen LogP contribution in [0.4, 0.5) is 0 Å². The lowest BCUT2D eigenvalue weighted by Gasteiger charge is -2.20. The Morgan fingerprint density at radius 3 is 2.06 bits per heavy atom. The number of hydrogen-bond donors (Lipinski definition) is 0. The van der Waals surface area contributed by atoms with Gasteiger partial charge in [0, 0.05) is 18.9 Å². The van der Waals surface area contributed by atoms with E-state index < -0.39 is 9.28 Å². The van der Waals surface area contributed by atoms with Crippen LogP contribution < -0.4 is 0 Å². The molecule has 0 aromatic carbocycles. The van der Waals surface area contributed by atoms with Gasteiger partial charge in [-0.25, -0.2) is 0 Å². The van der Waals surface area contributed by atoms with Gasteiger partial charge in [0.15, 0.2) is 0 Å². The van der Waals surface area contributed by atoms with Crippen molar-refractivity contribution in [3.05, 3.63) is 0 Å². The van der Waals surface area contributed by atoms with E-state index in [2.05, 4.69) is 20.8 Å². The minimum absolute atomic E-state index is 0.245. The minimum atomic E-state index is -1.24. The lowest BCUT2D eigenvalue weighted by atomic mass is 10.3. The van der Waals surface area contributed by atoms with Crippen LogP contribution >= 0.6 is 0 Å². The normalized spacial score (nSPS) is 14.5. The standard InChI is InChI=1S/C12H26NO2Si/c1-6-10-12(13-11(5)7-2)16(14-8-3)15-9-4/h12H,6-10H2,1-5H3. The van der Waals surface area contributed by atoms with Crippen LogP contribution in [0.25, 0.3) is 0 Å². The number of hydrogen-bond acceptors (Lipinski definition) is 3. The molecule has 0 heterocycles. The topological polar surface area (TPSA) is 30.8 Å². The highest BCUT2D eigenvalue weighted by atomic mass is 28.3. The summed E-state index contributed by atoms with van der Waals surface area (Å²) in [4.78, 5) is 4.73. The average molecular weight is 244 g/mol. The Kier molecular flexibility index (Phi) is 9.87. The SMILES string of the molecule is CCCC(N=C(C)CC)[Si](OCC)OCC. The summed E-state index contributed by atoms with van der Waals surface area (Å²) in [5.41, 5.74) is 1.44. The van der Waals surface area contributed by atoms with Crippen molar-refractivity contribution < 1.29 is 8.85 Å². The van der Waals surface area contributed by atoms with Gasteiger partial charge < -0.3 is 8.85 Å². The van der Waals surface area contributed by atoms with Crippen LogP contribution in [-0.2, 0) is 8.85 Å². The molecule has 0 spiro atoms. The summed E-state index contributed by atoms with van der Waals surface area (Å²) in [6, 6.07) is 0. The van der Waals surface area contributed by atoms with Gasteiger partial charge in [-0.1, -0.05) is 20.3 Å². The van der Waals surface area contributed by atoms with Crippen LogP contribution in [0.5, 0.6) is 0 Å². The molecule has 0 amide bonds. The molecule has 0 aliphatic rings. The van der Waals surface area contributed by atoms with Gasteiger partial charge in [0.1, 0.15) is 0 Å². The molecule has 1 unspecified atom stereocenters. The molecule has 1 radical (unpaired) electrons. The molecule has 16 heavy (non-hydrogen) atoms. The molecule has 95 valence electrons. The van der Waals surface area contributed by atoms with E-state index in [0.29, 0.717) is 0 Å². The van der Waals surface area contributed by atoms with Gasteiger partial charge in [-0.05, 0) is 33.6 Å². The molecule has 0 aliphatic carbocycles. The Morgan fingerprint density at radius 1 is 1.12 bits per heavy atom. The summed E-state index contributed by atoms with van der Waals surface area (Å²) in [5, 5.41) is 0. The highest BCUT2D eigenvalue weighted by molar-refractivity contribution is 6.46. The van der Waals surface area contributed by atoms with Gasteiger partial charge in [0.2, 0.25) is 0 Å². The molecule has 0 rings (SSSR count). The predicted molar refractivity (Wildman–Crippen MR) is 71.1 cm³/mol. The molecule has 0 aliphatic heterocycles. The smallest absolute Gasteiger partial charge is 0.392 e. The Morgan fingerprint density at radius 2 is 1.69 bits per heavy atom. The zero-order chi connectivity index (χ0) is 12.4. The molecule has 0 saturated heterocycles. The van der Waals surface area contributed by atoms with Crippen molar-refractivity contribution in [2.75, 3.05) is 13.2 Å². The monoisotopic (exact) mass is 244 g/mol. The summed E-state index contributed by atoms with van der Waals surface area (Å²) in [5.74, 6) is 0. The predicted octanol–water partition coefficient (Wildman–Crippen LogP) is 3.13. The van der Waals surface area contributed by atoms with Crippen molar-refractivity contribution in [2.45, 2.75) is 59.5 Å². The summed E-state index contributed by atoms with van der Waals surface area (Å²) < 4.78 is 11.4. The van der Waals surface area contributed by atoms with Crippen molar-refractivity contribution in [2.24, 2.45) is 4.99 Å². The fraction of sp³-hybridized carbons (Fsp3) is 0.917. The lowest BCUT2D eigenvalue weighted by Crippen LogP contribution is -2.37. The number of rotatable bonds is 9. The van der Waals surface area contributed by atoms with Crippen LogP contribution in [-0.4, -0.2) is 33.9 Å². The largest absolute Gasteiger partial charge is 0.411 e. The van der Waals surface area contributed by atoms with E-state index >= 15 is 0 Å². The van der Waals surface area contributed by atoms with E-state index in [1.165, 1.54) is 5.71 Å². The first-order chi connectivity index (χ1) is 7.69. The first-order valence-electron chi connectivity index (χ1n) is 6.35. The van der Waals surface area contributed by atoms with E-state index in [-0.39, 0.29) is 5.67 Å². The van der Waals surface area contributed by atoms with E-state index in [1.807, 2.05) is 13.8 Å². The zero-order valence-corrected chi connectivity index (χ0v) is 12.4. The third kappa shape index (κ3) is 6.40. The summed E-state index contributed by atoms with van der Waals surface area (Å²) >= 11 is 0. The van der Waals surface area contributed by atoms with Gasteiger partial charge in [0.25, 0.3) is 0 Å². The third-order valence-corrected chi connectivity index (χ3v) is 4.40. The Hall–Kier alpha value is -0.193. The van der Waals surface area contributed by atoms with Crippen molar-refractivity contribution in [1.82, 2.24) is 0 Å². The van der Waals surface area contributed by atoms with E-state index in [9.17, 15) is 0 Å². The fourth-order valence-electron chi connectivity index (χ4n) is 1.38. The molecule has 0 saturated carbocycles. The van der Waals surface area contributed by atoms with Gasteiger partial charge in [-0.2, -0.15) is 0 Å². The van der Waals surface area contributed by atoms with Gasteiger partial charge >= 0.3 is 9.28 Å². The molecular formula is C12H26NO2Si. The molecule has 0 bridgehead atoms. The van der Waals surface area contributed by atoms with Gasteiger partial charge in [0.05, 0.1) is 5.67 Å². The molecular weight excluding hydrogens is 218 g/mol. The second-order valence-electron chi connectivity index (χ2n) is 3.71. The Bertz CT molecular complexity index is 191. The van der Waals surface area contributed by atoms with Crippen LogP contribution in [0.3, 0.4) is 0 Å². The molecule has 0 aromatic rings. The first-order valence-corrected chi connectivity index (χ1v) is 7.74. The van der Waals surface area contributed by atoms with Crippen molar-refractivity contribution in [1.29, 1.82) is 0 Å². The molecule has 3 nitrogen and oxygen atoms in total. The van der Waals surface area contributed by atoms with Crippen molar-refractivity contribution in [3.8, 4) is 0 Å². The second-order valence-corrected chi connectivity index (χ2v) is 5.59. The fourth-order valence-corrected chi connectivity index (χ4v) is 3.27. The molecule has 0 N–H and O–H groups in total. The van der Waals surface area contributed by atoms with Crippen molar-refractivity contribution >= 4 is 15.0 Å². The van der Waals surface area contributed by atoms with Crippen LogP contribution in [0.2, 0.25) is 0 Å². The third-order valence-electron chi connectivity index (χ3n) is 2.30. The van der Waals surface area contributed by atoms with Gasteiger partial charge in [-0.3, -0.25) is 4.99 Å². The maximum Gasteiger partial charge on any atom is 0.411 e. The van der Waals surface area contributed by atoms with E-state index in [4.69, 9.17) is 13.8 Å². The second kappa shape index (κ2) is 9.99. The molecule has 1 atom stereocenters. The van der Waals surface area contributed by atoms with Crippen LogP contribution in [0.1, 0.15) is 53.9 Å².